The van der Waals surface area contributed by atoms with Gasteiger partial charge >= 0.3 is 0 Å². The number of pyridine rings is 1. The van der Waals surface area contributed by atoms with Crippen molar-refractivity contribution in [3.8, 4) is 5.88 Å². The number of primary amides is 1. The Hall–Kier alpha value is -1.63. The molecule has 1 heterocycles. The van der Waals surface area contributed by atoms with Gasteiger partial charge in [-0.2, -0.15) is 0 Å². The lowest BCUT2D eigenvalue weighted by Crippen LogP contribution is -2.10. The average Bonchev–Trinajstić information content (AvgIpc) is 2.24. The van der Waals surface area contributed by atoms with Gasteiger partial charge in [-0.15, -0.1) is 0 Å². The minimum absolute atomic E-state index is 0.0242. The summed E-state index contributed by atoms with van der Waals surface area (Å²) in [6, 6.07) is 2.89. The maximum Gasteiger partial charge on any atom is 0.218 e. The van der Waals surface area contributed by atoms with E-state index in [2.05, 4.69) is 4.98 Å². The number of hydrogen-bond acceptors (Lipinski definition) is 5. The van der Waals surface area contributed by atoms with Crippen LogP contribution in [-0.2, 0) is 14.6 Å². The number of methoxy groups -OCH3 is 1. The molecule has 1 aromatic heterocycles. The number of nitrogens with zero attached hydrogens (tertiary/aromatic N) is 1. The first-order valence-corrected chi connectivity index (χ1v) is 6.59. The molecule has 0 aromatic carbocycles. The van der Waals surface area contributed by atoms with Crippen molar-refractivity contribution in [1.82, 2.24) is 4.98 Å². The van der Waals surface area contributed by atoms with E-state index in [9.17, 15) is 13.2 Å². The molecule has 0 atom stereocenters. The first-order chi connectivity index (χ1) is 7.82. The summed E-state index contributed by atoms with van der Waals surface area (Å²) in [5, 5.41) is -0.104. The van der Waals surface area contributed by atoms with Crippen molar-refractivity contribution in [2.75, 3.05) is 13.4 Å². The summed E-state index contributed by atoms with van der Waals surface area (Å²) in [5.41, 5.74) is 5.52. The first-order valence-electron chi connectivity index (χ1n) is 4.70. The van der Waals surface area contributed by atoms with Gasteiger partial charge in [-0.25, -0.2) is 13.4 Å². The summed E-state index contributed by atoms with van der Waals surface area (Å²) in [6.45, 7) is 0. The molecule has 0 unspecified atom stereocenters. The Morgan fingerprint density at radius 3 is 2.65 bits per heavy atom. The maximum atomic E-state index is 11.4. The summed E-state index contributed by atoms with van der Waals surface area (Å²) in [6.07, 6.45) is 2.59. The summed E-state index contributed by atoms with van der Waals surface area (Å²) in [4.78, 5) is 14.4. The van der Waals surface area contributed by atoms with Crippen molar-refractivity contribution in [1.29, 1.82) is 0 Å². The zero-order valence-electron chi connectivity index (χ0n) is 9.50. The lowest BCUT2D eigenvalue weighted by atomic mass is 10.1. The summed E-state index contributed by atoms with van der Waals surface area (Å²) >= 11 is 0. The van der Waals surface area contributed by atoms with Crippen molar-refractivity contribution >= 4 is 15.7 Å². The molecule has 0 saturated heterocycles. The van der Waals surface area contributed by atoms with Gasteiger partial charge in [0.25, 0.3) is 0 Å². The normalized spacial score (nSPS) is 11.2. The van der Waals surface area contributed by atoms with E-state index >= 15 is 0 Å². The predicted octanol–water partition coefficient (Wildman–Crippen LogP) is -0.0785. The molecule has 93 valence electrons. The Kier molecular flexibility index (Phi) is 4.06. The van der Waals surface area contributed by atoms with E-state index in [0.717, 1.165) is 6.26 Å². The highest BCUT2D eigenvalue weighted by molar-refractivity contribution is 7.90. The van der Waals surface area contributed by atoms with Gasteiger partial charge in [-0.05, 0) is 11.6 Å². The molecule has 1 amide bonds. The molecule has 0 bridgehead atoms. The molecule has 0 spiro atoms. The lowest BCUT2D eigenvalue weighted by molar-refractivity contribution is -0.117. The Morgan fingerprint density at radius 1 is 1.53 bits per heavy atom. The van der Waals surface area contributed by atoms with Crippen molar-refractivity contribution in [2.45, 2.75) is 11.4 Å². The fraction of sp³-hybridized carbons (Fsp3) is 0.300. The molecule has 0 aliphatic heterocycles. The van der Waals surface area contributed by atoms with E-state index < -0.39 is 15.7 Å². The molecular weight excluding hydrogens is 244 g/mol. The number of hydrogen-bond donors (Lipinski definition) is 1. The lowest BCUT2D eigenvalue weighted by Gasteiger charge is -2.06. The number of amides is 1. The molecule has 1 radical (unpaired) electrons. The van der Waals surface area contributed by atoms with E-state index in [0.29, 0.717) is 5.56 Å². The van der Waals surface area contributed by atoms with Crippen LogP contribution in [0.15, 0.2) is 17.2 Å². The van der Waals surface area contributed by atoms with Crippen LogP contribution in [0.2, 0.25) is 0 Å². The molecule has 0 saturated carbocycles. The monoisotopic (exact) mass is 257 g/mol. The number of aromatic nitrogens is 1. The van der Waals surface area contributed by atoms with Gasteiger partial charge < -0.3 is 10.5 Å². The van der Waals surface area contributed by atoms with Crippen LogP contribution in [0, 0.1) is 6.42 Å². The van der Waals surface area contributed by atoms with Crippen molar-refractivity contribution < 1.29 is 17.9 Å². The minimum Gasteiger partial charge on any atom is -0.481 e. The van der Waals surface area contributed by atoms with Gasteiger partial charge in [0.05, 0.1) is 7.11 Å². The van der Waals surface area contributed by atoms with Crippen LogP contribution in [0.4, 0.5) is 0 Å². The number of rotatable bonds is 5. The third kappa shape index (κ3) is 4.03. The number of carbonyl (C=O) groups excluding carboxylic acids is 1. The Morgan fingerprint density at radius 2 is 2.18 bits per heavy atom. The first kappa shape index (κ1) is 13.4. The largest absolute Gasteiger partial charge is 0.481 e. The van der Waals surface area contributed by atoms with Gasteiger partial charge in [0, 0.05) is 25.2 Å². The molecule has 0 fully saturated rings. The SMILES string of the molecule is COc1cc([CH]CC(N)=O)cc(S(C)(=O)=O)n1. The zero-order valence-corrected chi connectivity index (χ0v) is 10.3. The van der Waals surface area contributed by atoms with E-state index in [-0.39, 0.29) is 17.3 Å². The fourth-order valence-electron chi connectivity index (χ4n) is 1.13. The highest BCUT2D eigenvalue weighted by atomic mass is 32.2. The van der Waals surface area contributed by atoms with Crippen LogP contribution in [0.3, 0.4) is 0 Å². The molecule has 2 N–H and O–H groups in total. The van der Waals surface area contributed by atoms with Crippen LogP contribution >= 0.6 is 0 Å². The zero-order chi connectivity index (χ0) is 13.1. The topological polar surface area (TPSA) is 99.4 Å². The van der Waals surface area contributed by atoms with Crippen LogP contribution in [-0.4, -0.2) is 32.7 Å². The fourth-order valence-corrected chi connectivity index (χ4v) is 1.74. The van der Waals surface area contributed by atoms with Crippen molar-refractivity contribution in [2.24, 2.45) is 5.73 Å². The number of nitrogens with two attached hydrogens (primary N) is 1. The van der Waals surface area contributed by atoms with Crippen LogP contribution in [0.5, 0.6) is 5.88 Å². The maximum absolute atomic E-state index is 11.4. The number of sulfone groups is 1. The minimum atomic E-state index is -3.42. The Labute approximate surface area is 99.7 Å². The summed E-state index contributed by atoms with van der Waals surface area (Å²) < 4.78 is 27.6. The molecule has 1 rings (SSSR count). The average molecular weight is 257 g/mol. The van der Waals surface area contributed by atoms with E-state index in [1.165, 1.54) is 25.7 Å². The van der Waals surface area contributed by atoms with Crippen LogP contribution in [0.1, 0.15) is 12.0 Å². The van der Waals surface area contributed by atoms with E-state index in [4.69, 9.17) is 10.5 Å². The van der Waals surface area contributed by atoms with E-state index in [1.807, 2.05) is 0 Å². The van der Waals surface area contributed by atoms with Gasteiger partial charge in [0.2, 0.25) is 11.8 Å². The highest BCUT2D eigenvalue weighted by Crippen LogP contribution is 2.18. The Bertz CT molecular complexity index is 525. The molecule has 0 aliphatic carbocycles. The molecule has 7 heteroatoms. The quantitative estimate of drug-likeness (QED) is 0.795. The second-order valence-corrected chi connectivity index (χ2v) is 5.39. The molecule has 17 heavy (non-hydrogen) atoms. The number of carbonyl (C=O) groups is 1. The smallest absolute Gasteiger partial charge is 0.218 e. The van der Waals surface area contributed by atoms with Crippen molar-refractivity contribution in [3.05, 3.63) is 24.1 Å². The second-order valence-electron chi connectivity index (χ2n) is 3.43. The summed E-state index contributed by atoms with van der Waals surface area (Å²) in [5.74, 6) is -0.328. The molecular formula is C10H13N2O4S. The summed E-state index contributed by atoms with van der Waals surface area (Å²) in [7, 11) is -2.04. The third-order valence-corrected chi connectivity index (χ3v) is 2.90. The Balaban J connectivity index is 3.10. The van der Waals surface area contributed by atoms with Crippen LogP contribution < -0.4 is 10.5 Å². The van der Waals surface area contributed by atoms with Crippen molar-refractivity contribution in [3.63, 3.8) is 0 Å². The van der Waals surface area contributed by atoms with Gasteiger partial charge in [-0.1, -0.05) is 0 Å². The molecule has 1 aromatic rings. The van der Waals surface area contributed by atoms with Crippen LogP contribution in [0.25, 0.3) is 0 Å². The van der Waals surface area contributed by atoms with Gasteiger partial charge in [0.15, 0.2) is 14.9 Å². The predicted molar refractivity (Wildman–Crippen MR) is 61.1 cm³/mol. The highest BCUT2D eigenvalue weighted by Gasteiger charge is 2.13. The number of ether oxygens (including phenoxy) is 1. The van der Waals surface area contributed by atoms with E-state index in [1.54, 1.807) is 0 Å². The standard InChI is InChI=1S/C10H13N2O4S/c1-16-9-5-7(3-4-8(11)13)6-10(12-9)17(2,14)15/h3,5-6H,4H2,1-2H3,(H2,11,13). The van der Waals surface area contributed by atoms with Gasteiger partial charge in [-0.3, -0.25) is 4.79 Å². The molecule has 6 nitrogen and oxygen atoms in total. The second kappa shape index (κ2) is 5.13. The van der Waals surface area contributed by atoms with Gasteiger partial charge in [0.1, 0.15) is 0 Å². The third-order valence-electron chi connectivity index (χ3n) is 1.93. The molecule has 0 aliphatic rings.